The van der Waals surface area contributed by atoms with Crippen LogP contribution >= 0.6 is 0 Å². The lowest BCUT2D eigenvalue weighted by molar-refractivity contribution is -0.140. The molecule has 1 amide bonds. The number of Topliss-reactive ketones (excluding diaryl/α,β-unsaturated/α-hetero) is 1. The van der Waals surface area contributed by atoms with Gasteiger partial charge in [-0.1, -0.05) is 49.7 Å². The number of aryl methyl sites for hydroxylation is 1. The van der Waals surface area contributed by atoms with Gasteiger partial charge in [0.2, 0.25) is 0 Å². The second kappa shape index (κ2) is 11.9. The molecule has 4 rings (SSSR count). The molecule has 1 atom stereocenters. The molecule has 0 bridgehead atoms. The number of amides is 1. The third-order valence-corrected chi connectivity index (χ3v) is 6.50. The van der Waals surface area contributed by atoms with Crippen LogP contribution in [0.25, 0.3) is 5.76 Å². The molecular formula is C31H34N2O5. The molecule has 2 heterocycles. The quantitative estimate of drug-likeness (QED) is 0.208. The molecule has 1 saturated heterocycles. The Hall–Kier alpha value is -4.13. The second-order valence-corrected chi connectivity index (χ2v) is 9.82. The molecule has 0 radical (unpaired) electrons. The molecule has 7 nitrogen and oxygen atoms in total. The predicted octanol–water partition coefficient (Wildman–Crippen LogP) is 5.84. The fourth-order valence-corrected chi connectivity index (χ4v) is 4.43. The number of aliphatic hydroxyl groups is 1. The van der Waals surface area contributed by atoms with E-state index in [1.165, 1.54) is 4.90 Å². The fraction of sp³-hybridized carbons (Fsp3) is 0.323. The molecule has 1 aliphatic rings. The second-order valence-electron chi connectivity index (χ2n) is 9.82. The summed E-state index contributed by atoms with van der Waals surface area (Å²) >= 11 is 0. The topological polar surface area (TPSA) is 89.0 Å². The standard InChI is InChI=1S/C31H34N2O5/c1-5-37-26-18-24(10-11-25(26)38-17-14-20(2)3)28-27(29(34)23-8-6-21(4)7-9-23)30(35)31(36)33(28)19-22-12-15-32-16-13-22/h6-13,15-16,18,20,28,34H,5,14,17,19H2,1-4H3. The zero-order valence-corrected chi connectivity index (χ0v) is 22.3. The van der Waals surface area contributed by atoms with Gasteiger partial charge in [0.05, 0.1) is 24.8 Å². The molecule has 0 saturated carbocycles. The number of rotatable bonds is 10. The van der Waals surface area contributed by atoms with E-state index in [0.29, 0.717) is 41.8 Å². The zero-order valence-electron chi connectivity index (χ0n) is 22.3. The van der Waals surface area contributed by atoms with Crippen molar-refractivity contribution in [2.24, 2.45) is 5.92 Å². The fourth-order valence-electron chi connectivity index (χ4n) is 4.43. The van der Waals surface area contributed by atoms with E-state index in [1.807, 2.05) is 32.0 Å². The monoisotopic (exact) mass is 514 g/mol. The number of nitrogens with zero attached hydrogens (tertiary/aromatic N) is 2. The first-order chi connectivity index (χ1) is 18.3. The molecule has 7 heteroatoms. The Kier molecular flexibility index (Phi) is 8.46. The lowest BCUT2D eigenvalue weighted by Crippen LogP contribution is -2.29. The summed E-state index contributed by atoms with van der Waals surface area (Å²) in [5.41, 5.74) is 3.00. The van der Waals surface area contributed by atoms with Gasteiger partial charge >= 0.3 is 0 Å². The van der Waals surface area contributed by atoms with E-state index in [9.17, 15) is 14.7 Å². The number of ketones is 1. The van der Waals surface area contributed by atoms with Crippen LogP contribution in [0.3, 0.4) is 0 Å². The summed E-state index contributed by atoms with van der Waals surface area (Å²) in [6.45, 7) is 9.25. The summed E-state index contributed by atoms with van der Waals surface area (Å²) in [6.07, 6.45) is 4.18. The third-order valence-electron chi connectivity index (χ3n) is 6.50. The molecule has 1 N–H and O–H groups in total. The van der Waals surface area contributed by atoms with Crippen molar-refractivity contribution in [3.63, 3.8) is 0 Å². The number of benzene rings is 2. The first-order valence-electron chi connectivity index (χ1n) is 12.9. The molecule has 0 spiro atoms. The summed E-state index contributed by atoms with van der Waals surface area (Å²) < 4.78 is 11.9. The Labute approximate surface area is 223 Å². The van der Waals surface area contributed by atoms with Crippen LogP contribution in [0, 0.1) is 12.8 Å². The van der Waals surface area contributed by atoms with Crippen molar-refractivity contribution in [3.05, 3.63) is 94.8 Å². The number of carbonyl (C=O) groups is 2. The first kappa shape index (κ1) is 26.9. The third kappa shape index (κ3) is 5.88. The van der Waals surface area contributed by atoms with Crippen LogP contribution in [0.1, 0.15) is 55.5 Å². The van der Waals surface area contributed by atoms with E-state index in [1.54, 1.807) is 48.8 Å². The maximum atomic E-state index is 13.4. The van der Waals surface area contributed by atoms with Gasteiger partial charge in [-0.3, -0.25) is 14.6 Å². The number of carbonyl (C=O) groups excluding carboxylic acids is 2. The number of hydrogen-bond donors (Lipinski definition) is 1. The van der Waals surface area contributed by atoms with Crippen LogP contribution in [0.2, 0.25) is 0 Å². The summed E-state index contributed by atoms with van der Waals surface area (Å²) in [6, 6.07) is 15.4. The van der Waals surface area contributed by atoms with Crippen molar-refractivity contribution in [1.29, 1.82) is 0 Å². The van der Waals surface area contributed by atoms with Gasteiger partial charge in [-0.25, -0.2) is 0 Å². The molecule has 1 unspecified atom stereocenters. The highest BCUT2D eigenvalue weighted by atomic mass is 16.5. The Balaban J connectivity index is 1.81. The van der Waals surface area contributed by atoms with Gasteiger partial charge in [-0.2, -0.15) is 0 Å². The number of pyridine rings is 1. The molecule has 0 aliphatic carbocycles. The number of ether oxygens (including phenoxy) is 2. The van der Waals surface area contributed by atoms with Crippen molar-refractivity contribution in [2.45, 2.75) is 46.7 Å². The summed E-state index contributed by atoms with van der Waals surface area (Å²) in [5.74, 6) is 0.0211. The highest BCUT2D eigenvalue weighted by Gasteiger charge is 2.46. The van der Waals surface area contributed by atoms with Crippen LogP contribution in [0.4, 0.5) is 0 Å². The smallest absolute Gasteiger partial charge is 0.295 e. The van der Waals surface area contributed by atoms with Gasteiger partial charge in [-0.05, 0) is 61.6 Å². The molecule has 198 valence electrons. The van der Waals surface area contributed by atoms with Gasteiger partial charge in [0.25, 0.3) is 11.7 Å². The highest BCUT2D eigenvalue weighted by Crippen LogP contribution is 2.42. The largest absolute Gasteiger partial charge is 0.507 e. The Bertz CT molecular complexity index is 1320. The van der Waals surface area contributed by atoms with Crippen LogP contribution in [0.5, 0.6) is 11.5 Å². The molecule has 1 fully saturated rings. The van der Waals surface area contributed by atoms with Crippen molar-refractivity contribution in [2.75, 3.05) is 13.2 Å². The lowest BCUT2D eigenvalue weighted by Gasteiger charge is -2.26. The minimum atomic E-state index is -0.812. The molecule has 1 aliphatic heterocycles. The van der Waals surface area contributed by atoms with E-state index >= 15 is 0 Å². The normalized spacial score (nSPS) is 16.8. The van der Waals surface area contributed by atoms with E-state index < -0.39 is 17.7 Å². The SMILES string of the molecule is CCOc1cc(C2C(=C(O)c3ccc(C)cc3)C(=O)C(=O)N2Cc2ccncc2)ccc1OCCC(C)C. The number of aliphatic hydroxyl groups excluding tert-OH is 1. The minimum absolute atomic E-state index is 0.0452. The molecule has 2 aromatic carbocycles. The number of likely N-dealkylation sites (tertiary alicyclic amines) is 1. The van der Waals surface area contributed by atoms with Gasteiger partial charge in [0, 0.05) is 24.5 Å². The van der Waals surface area contributed by atoms with Gasteiger partial charge in [-0.15, -0.1) is 0 Å². The van der Waals surface area contributed by atoms with Crippen LogP contribution < -0.4 is 9.47 Å². The average Bonchev–Trinajstić information content (AvgIpc) is 3.15. The molecule has 3 aromatic rings. The molecule has 1 aromatic heterocycles. The number of aromatic nitrogens is 1. The summed E-state index contributed by atoms with van der Waals surface area (Å²) in [7, 11) is 0. The lowest BCUT2D eigenvalue weighted by atomic mass is 9.94. The van der Waals surface area contributed by atoms with Crippen molar-refractivity contribution in [3.8, 4) is 11.5 Å². The van der Waals surface area contributed by atoms with Gasteiger partial charge in [0.1, 0.15) is 5.76 Å². The maximum Gasteiger partial charge on any atom is 0.295 e. The summed E-state index contributed by atoms with van der Waals surface area (Å²) in [5, 5.41) is 11.3. The minimum Gasteiger partial charge on any atom is -0.507 e. The van der Waals surface area contributed by atoms with E-state index in [4.69, 9.17) is 9.47 Å². The van der Waals surface area contributed by atoms with Gasteiger partial charge in [0.15, 0.2) is 11.5 Å². The predicted molar refractivity (Wildman–Crippen MR) is 146 cm³/mol. The zero-order chi connectivity index (χ0) is 27.2. The molecule has 38 heavy (non-hydrogen) atoms. The Morgan fingerprint density at radius 1 is 1.00 bits per heavy atom. The van der Waals surface area contributed by atoms with E-state index in [-0.39, 0.29) is 17.9 Å². The Morgan fingerprint density at radius 2 is 1.71 bits per heavy atom. The maximum absolute atomic E-state index is 13.4. The number of hydrogen-bond acceptors (Lipinski definition) is 6. The average molecular weight is 515 g/mol. The molecular weight excluding hydrogens is 480 g/mol. The van der Waals surface area contributed by atoms with Crippen LogP contribution in [-0.4, -0.2) is 39.9 Å². The highest BCUT2D eigenvalue weighted by molar-refractivity contribution is 6.46. The van der Waals surface area contributed by atoms with Crippen molar-refractivity contribution < 1.29 is 24.2 Å². The van der Waals surface area contributed by atoms with E-state index in [2.05, 4.69) is 18.8 Å². The summed E-state index contributed by atoms with van der Waals surface area (Å²) in [4.78, 5) is 32.2. The van der Waals surface area contributed by atoms with E-state index in [0.717, 1.165) is 17.5 Å². The first-order valence-corrected chi connectivity index (χ1v) is 12.9. The van der Waals surface area contributed by atoms with Crippen LogP contribution in [-0.2, 0) is 16.1 Å². The van der Waals surface area contributed by atoms with Crippen molar-refractivity contribution in [1.82, 2.24) is 9.88 Å². The van der Waals surface area contributed by atoms with Gasteiger partial charge < -0.3 is 19.5 Å². The Morgan fingerprint density at radius 3 is 2.37 bits per heavy atom. The van der Waals surface area contributed by atoms with Crippen LogP contribution in [0.15, 0.2) is 72.6 Å². The van der Waals surface area contributed by atoms with Crippen molar-refractivity contribution >= 4 is 17.4 Å².